The molecule has 1 aromatic rings. The fourth-order valence-electron chi connectivity index (χ4n) is 2.63. The maximum atomic E-state index is 13.7. The predicted octanol–water partition coefficient (Wildman–Crippen LogP) is 1.77. The van der Waals surface area contributed by atoms with Crippen LogP contribution >= 0.6 is 0 Å². The summed E-state index contributed by atoms with van der Waals surface area (Å²) >= 11 is 0. The van der Waals surface area contributed by atoms with Crippen molar-refractivity contribution in [3.05, 3.63) is 29.1 Å². The molecule has 0 aliphatic carbocycles. The highest BCUT2D eigenvalue weighted by Gasteiger charge is 2.27. The maximum absolute atomic E-state index is 13.7. The first kappa shape index (κ1) is 15.2. The summed E-state index contributed by atoms with van der Waals surface area (Å²) in [6.45, 7) is 6.41. The Morgan fingerprint density at radius 1 is 1.45 bits per heavy atom. The molecule has 3 atom stereocenters. The first-order valence-corrected chi connectivity index (χ1v) is 6.91. The highest BCUT2D eigenvalue weighted by Crippen LogP contribution is 2.31. The molecule has 0 aromatic heterocycles. The van der Waals surface area contributed by atoms with Gasteiger partial charge in [0, 0.05) is 24.3 Å². The number of aryl methyl sites for hydroxylation is 1. The number of hydrogen-bond acceptors (Lipinski definition) is 4. The summed E-state index contributed by atoms with van der Waals surface area (Å²) in [7, 11) is 0. The van der Waals surface area contributed by atoms with Crippen molar-refractivity contribution in [3.8, 4) is 0 Å². The SMILES string of the molecule is Cc1cc(N2CC(C)OC(CO)C2)c([C@@H](C)O)cc1F. The molecule has 0 saturated carbocycles. The lowest BCUT2D eigenvalue weighted by molar-refractivity contribution is -0.0422. The highest BCUT2D eigenvalue weighted by atomic mass is 19.1. The normalized spacial score (nSPS) is 24.8. The molecule has 0 spiro atoms. The zero-order chi connectivity index (χ0) is 14.9. The molecule has 0 bridgehead atoms. The van der Waals surface area contributed by atoms with E-state index in [0.29, 0.717) is 24.2 Å². The summed E-state index contributed by atoms with van der Waals surface area (Å²) in [5.41, 5.74) is 1.93. The molecule has 5 heteroatoms. The molecule has 1 aliphatic rings. The molecule has 0 radical (unpaired) electrons. The van der Waals surface area contributed by atoms with Gasteiger partial charge in [-0.25, -0.2) is 4.39 Å². The molecule has 1 saturated heterocycles. The zero-order valence-corrected chi connectivity index (χ0v) is 12.1. The third-order valence-electron chi connectivity index (χ3n) is 3.63. The van der Waals surface area contributed by atoms with Gasteiger partial charge in [-0.1, -0.05) is 0 Å². The van der Waals surface area contributed by atoms with Crippen LogP contribution in [0.1, 0.15) is 31.1 Å². The molecular formula is C15H22FNO3. The lowest BCUT2D eigenvalue weighted by Gasteiger charge is -2.39. The van der Waals surface area contributed by atoms with E-state index in [2.05, 4.69) is 0 Å². The van der Waals surface area contributed by atoms with Gasteiger partial charge in [-0.3, -0.25) is 0 Å². The van der Waals surface area contributed by atoms with Crippen molar-refractivity contribution < 1.29 is 19.3 Å². The summed E-state index contributed by atoms with van der Waals surface area (Å²) in [5, 5.41) is 19.2. The van der Waals surface area contributed by atoms with Crippen molar-refractivity contribution >= 4 is 5.69 Å². The van der Waals surface area contributed by atoms with Crippen LogP contribution in [0.4, 0.5) is 10.1 Å². The van der Waals surface area contributed by atoms with Gasteiger partial charge >= 0.3 is 0 Å². The van der Waals surface area contributed by atoms with E-state index in [-0.39, 0.29) is 24.6 Å². The van der Waals surface area contributed by atoms with Crippen LogP contribution in [0, 0.1) is 12.7 Å². The molecule has 4 nitrogen and oxygen atoms in total. The third-order valence-corrected chi connectivity index (χ3v) is 3.63. The van der Waals surface area contributed by atoms with Crippen molar-refractivity contribution in [2.75, 3.05) is 24.6 Å². The summed E-state index contributed by atoms with van der Waals surface area (Å²) in [6.07, 6.45) is -1.02. The minimum absolute atomic E-state index is 0.0203. The first-order chi connectivity index (χ1) is 9.42. The van der Waals surface area contributed by atoms with E-state index in [0.717, 1.165) is 5.69 Å². The molecule has 112 valence electrons. The van der Waals surface area contributed by atoms with Gasteiger partial charge in [-0.15, -0.1) is 0 Å². The number of halogens is 1. The van der Waals surface area contributed by atoms with E-state index < -0.39 is 6.10 Å². The number of aliphatic hydroxyl groups is 2. The second-order valence-electron chi connectivity index (χ2n) is 5.49. The predicted molar refractivity (Wildman–Crippen MR) is 75.4 cm³/mol. The van der Waals surface area contributed by atoms with E-state index in [1.165, 1.54) is 6.07 Å². The van der Waals surface area contributed by atoms with Gasteiger partial charge in [0.2, 0.25) is 0 Å². The van der Waals surface area contributed by atoms with Crippen LogP contribution in [-0.2, 0) is 4.74 Å². The summed E-state index contributed by atoms with van der Waals surface area (Å²) < 4.78 is 19.3. The van der Waals surface area contributed by atoms with Crippen LogP contribution < -0.4 is 4.90 Å². The smallest absolute Gasteiger partial charge is 0.126 e. The van der Waals surface area contributed by atoms with Crippen LogP contribution in [0.3, 0.4) is 0 Å². The molecule has 1 fully saturated rings. The zero-order valence-electron chi connectivity index (χ0n) is 12.1. The molecule has 1 aliphatic heterocycles. The fourth-order valence-corrected chi connectivity index (χ4v) is 2.63. The van der Waals surface area contributed by atoms with Crippen molar-refractivity contribution in [2.24, 2.45) is 0 Å². The van der Waals surface area contributed by atoms with Gasteiger partial charge in [0.15, 0.2) is 0 Å². The van der Waals surface area contributed by atoms with Gasteiger partial charge in [0.25, 0.3) is 0 Å². The second kappa shape index (κ2) is 6.08. The summed E-state index contributed by atoms with van der Waals surface area (Å²) in [4.78, 5) is 2.05. The molecule has 2 rings (SSSR count). The number of benzene rings is 1. The minimum atomic E-state index is -0.745. The van der Waals surface area contributed by atoms with Gasteiger partial charge in [0.05, 0.1) is 24.9 Å². The quantitative estimate of drug-likeness (QED) is 0.888. The van der Waals surface area contributed by atoms with Crippen molar-refractivity contribution in [3.63, 3.8) is 0 Å². The van der Waals surface area contributed by atoms with Gasteiger partial charge in [0.1, 0.15) is 5.82 Å². The Hall–Kier alpha value is -1.17. The van der Waals surface area contributed by atoms with Crippen LogP contribution in [0.15, 0.2) is 12.1 Å². The van der Waals surface area contributed by atoms with E-state index in [4.69, 9.17) is 4.74 Å². The number of rotatable bonds is 3. The molecule has 0 amide bonds. The van der Waals surface area contributed by atoms with Crippen LogP contribution in [0.25, 0.3) is 0 Å². The molecule has 1 aromatic carbocycles. The van der Waals surface area contributed by atoms with Crippen molar-refractivity contribution in [1.82, 2.24) is 0 Å². The Morgan fingerprint density at radius 2 is 2.15 bits per heavy atom. The van der Waals surface area contributed by atoms with E-state index in [9.17, 15) is 14.6 Å². The van der Waals surface area contributed by atoms with Gasteiger partial charge < -0.3 is 19.8 Å². The first-order valence-electron chi connectivity index (χ1n) is 6.91. The molecule has 1 heterocycles. The molecule has 20 heavy (non-hydrogen) atoms. The average Bonchev–Trinajstić information content (AvgIpc) is 2.40. The Bertz CT molecular complexity index is 478. The topological polar surface area (TPSA) is 52.9 Å². The van der Waals surface area contributed by atoms with Crippen molar-refractivity contribution in [2.45, 2.75) is 39.1 Å². The minimum Gasteiger partial charge on any atom is -0.394 e. The van der Waals surface area contributed by atoms with Crippen LogP contribution in [0.2, 0.25) is 0 Å². The largest absolute Gasteiger partial charge is 0.394 e. The number of hydrogen-bond donors (Lipinski definition) is 2. The maximum Gasteiger partial charge on any atom is 0.126 e. The third kappa shape index (κ3) is 3.11. The fraction of sp³-hybridized carbons (Fsp3) is 0.600. The lowest BCUT2D eigenvalue weighted by Crippen LogP contribution is -2.48. The van der Waals surface area contributed by atoms with Crippen LogP contribution in [-0.4, -0.2) is 42.1 Å². The Kier molecular flexibility index (Phi) is 4.62. The highest BCUT2D eigenvalue weighted by molar-refractivity contribution is 5.57. The Morgan fingerprint density at radius 3 is 2.75 bits per heavy atom. The standard InChI is InChI=1S/C15H22FNO3/c1-9-4-15(13(11(3)19)5-14(9)16)17-6-10(2)20-12(7-17)8-18/h4-5,10-12,18-19H,6-8H2,1-3H3/t10?,11-,12?/m1/s1. The molecule has 2 unspecified atom stereocenters. The number of anilines is 1. The number of morpholine rings is 1. The summed E-state index contributed by atoms with van der Waals surface area (Å²) in [5.74, 6) is -0.315. The summed E-state index contributed by atoms with van der Waals surface area (Å²) in [6, 6.07) is 3.15. The van der Waals surface area contributed by atoms with E-state index in [1.54, 1.807) is 19.9 Å². The van der Waals surface area contributed by atoms with Crippen molar-refractivity contribution in [1.29, 1.82) is 0 Å². The van der Waals surface area contributed by atoms with Gasteiger partial charge in [-0.2, -0.15) is 0 Å². The van der Waals surface area contributed by atoms with E-state index in [1.807, 2.05) is 11.8 Å². The number of nitrogens with zero attached hydrogens (tertiary/aromatic N) is 1. The monoisotopic (exact) mass is 283 g/mol. The molecule has 2 N–H and O–H groups in total. The number of ether oxygens (including phenoxy) is 1. The van der Waals surface area contributed by atoms with Crippen LogP contribution in [0.5, 0.6) is 0 Å². The molecular weight excluding hydrogens is 261 g/mol. The lowest BCUT2D eigenvalue weighted by atomic mass is 10.0. The second-order valence-corrected chi connectivity index (χ2v) is 5.49. The Balaban J connectivity index is 2.37. The van der Waals surface area contributed by atoms with E-state index >= 15 is 0 Å². The number of aliphatic hydroxyl groups excluding tert-OH is 2. The Labute approximate surface area is 118 Å². The van der Waals surface area contributed by atoms with Gasteiger partial charge in [-0.05, 0) is 38.5 Å². The average molecular weight is 283 g/mol.